The summed E-state index contributed by atoms with van der Waals surface area (Å²) in [5.41, 5.74) is 0. The minimum atomic E-state index is -1.55. The molecular weight excluding hydrogens is 875 g/mol. The molecule has 0 radical (unpaired) electrons. The van der Waals surface area contributed by atoms with Crippen LogP contribution in [0.15, 0.2) is 24.3 Å². The van der Waals surface area contributed by atoms with Crippen molar-refractivity contribution in [2.24, 2.45) is 0 Å². The zero-order valence-corrected chi connectivity index (χ0v) is 46.0. The molecule has 0 bridgehead atoms. The number of aliphatic hydroxyl groups excluding tert-OH is 5. The zero-order chi connectivity index (χ0) is 50.8. The number of rotatable bonds is 53. The van der Waals surface area contributed by atoms with Crippen molar-refractivity contribution in [3.63, 3.8) is 0 Å². The lowest BCUT2D eigenvalue weighted by Crippen LogP contribution is -2.60. The number of ether oxygens (including phenoxy) is 2. The Bertz CT molecular complexity index is 1150. The molecule has 0 aliphatic carbocycles. The average Bonchev–Trinajstić information content (AvgIpc) is 3.36. The number of hydrogen-bond donors (Lipinski definition) is 6. The van der Waals surface area contributed by atoms with Crippen molar-refractivity contribution >= 4 is 5.91 Å². The van der Waals surface area contributed by atoms with E-state index in [0.29, 0.717) is 12.8 Å². The van der Waals surface area contributed by atoms with Gasteiger partial charge in [-0.2, -0.15) is 0 Å². The predicted molar refractivity (Wildman–Crippen MR) is 295 cm³/mol. The Kier molecular flexibility index (Phi) is 48.7. The first-order valence-electron chi connectivity index (χ1n) is 30.5. The number of hydrogen-bond acceptors (Lipinski definition) is 8. The van der Waals surface area contributed by atoms with E-state index in [9.17, 15) is 30.3 Å². The lowest BCUT2D eigenvalue weighted by molar-refractivity contribution is -0.302. The summed E-state index contributed by atoms with van der Waals surface area (Å²) in [7, 11) is 0. The van der Waals surface area contributed by atoms with Crippen LogP contribution in [0.4, 0.5) is 0 Å². The summed E-state index contributed by atoms with van der Waals surface area (Å²) in [6, 6.07) is -0.721. The molecule has 1 aliphatic heterocycles. The van der Waals surface area contributed by atoms with Gasteiger partial charge in [-0.25, -0.2) is 0 Å². The number of nitrogens with one attached hydrogen (secondary N) is 1. The maximum Gasteiger partial charge on any atom is 0.220 e. The van der Waals surface area contributed by atoms with Gasteiger partial charge in [0.1, 0.15) is 24.4 Å². The minimum absolute atomic E-state index is 0.137. The molecule has 1 saturated heterocycles. The van der Waals surface area contributed by atoms with Crippen molar-refractivity contribution < 1.29 is 39.8 Å². The van der Waals surface area contributed by atoms with Gasteiger partial charge in [0.15, 0.2) is 6.29 Å². The van der Waals surface area contributed by atoms with E-state index in [0.717, 1.165) is 44.9 Å². The van der Waals surface area contributed by atoms with Gasteiger partial charge in [-0.3, -0.25) is 4.79 Å². The predicted octanol–water partition coefficient (Wildman–Crippen LogP) is 15.4. The van der Waals surface area contributed by atoms with Crippen LogP contribution in [0.1, 0.15) is 303 Å². The maximum atomic E-state index is 13.1. The molecule has 0 aromatic heterocycles. The molecule has 7 atom stereocenters. The molecule has 6 N–H and O–H groups in total. The van der Waals surface area contributed by atoms with Crippen molar-refractivity contribution in [1.82, 2.24) is 5.32 Å². The van der Waals surface area contributed by atoms with E-state index in [4.69, 9.17) is 9.47 Å². The van der Waals surface area contributed by atoms with Crippen molar-refractivity contribution in [2.45, 2.75) is 346 Å². The summed E-state index contributed by atoms with van der Waals surface area (Å²) in [5.74, 6) is -0.145. The second-order valence-electron chi connectivity index (χ2n) is 21.5. The van der Waals surface area contributed by atoms with Gasteiger partial charge >= 0.3 is 0 Å². The number of amides is 1. The zero-order valence-electron chi connectivity index (χ0n) is 46.0. The molecule has 0 aromatic rings. The van der Waals surface area contributed by atoms with Crippen LogP contribution >= 0.6 is 0 Å². The maximum absolute atomic E-state index is 13.1. The molecule has 1 fully saturated rings. The molecular formula is C61H117NO8. The third kappa shape index (κ3) is 40.1. The molecule has 9 heteroatoms. The van der Waals surface area contributed by atoms with Crippen LogP contribution < -0.4 is 5.32 Å². The smallest absolute Gasteiger partial charge is 0.220 e. The standard InChI is InChI=1S/C61H117NO8/c1-3-5-7-9-11-13-15-17-19-21-23-24-25-26-27-28-29-30-31-33-34-36-38-40-42-44-46-48-50-55(64)54(53-69-61-60(68)59(67)58(66)56(52-63)70-61)62-57(65)51-49-47-45-43-41-39-37-35-32-22-20-18-16-14-12-10-8-6-4-2/h12,14,18,20,54-56,58-61,63-64,66-68H,3-11,13,15-17,19,21-53H2,1-2H3,(H,62,65)/b14-12-,20-18-. The highest BCUT2D eigenvalue weighted by molar-refractivity contribution is 5.76. The Morgan fingerprint density at radius 3 is 1.26 bits per heavy atom. The third-order valence-electron chi connectivity index (χ3n) is 14.8. The van der Waals surface area contributed by atoms with Crippen LogP contribution in [0.25, 0.3) is 0 Å². The van der Waals surface area contributed by atoms with Gasteiger partial charge in [-0.15, -0.1) is 0 Å². The Balaban J connectivity index is 2.16. The summed E-state index contributed by atoms with van der Waals surface area (Å²) in [5, 5.41) is 54.7. The molecule has 7 unspecified atom stereocenters. The van der Waals surface area contributed by atoms with Crippen LogP contribution in [-0.4, -0.2) is 87.5 Å². The highest BCUT2D eigenvalue weighted by Crippen LogP contribution is 2.23. The molecule has 1 rings (SSSR count). The SMILES string of the molecule is CCCCC/C=C\C/C=C\CCCCCCCCCCCC(=O)NC(COC1OC(CO)C(O)C(O)C1O)C(O)CCCCCCCCCCCCCCCCCCCCCCCCCCCCCC. The Morgan fingerprint density at radius 1 is 0.486 bits per heavy atom. The van der Waals surface area contributed by atoms with Crippen molar-refractivity contribution in [2.75, 3.05) is 13.2 Å². The van der Waals surface area contributed by atoms with Crippen molar-refractivity contribution in [1.29, 1.82) is 0 Å². The number of carbonyl (C=O) groups excluding carboxylic acids is 1. The second kappa shape index (κ2) is 51.2. The molecule has 9 nitrogen and oxygen atoms in total. The topological polar surface area (TPSA) is 149 Å². The Morgan fingerprint density at radius 2 is 0.843 bits per heavy atom. The van der Waals surface area contributed by atoms with Gasteiger partial charge < -0.3 is 40.3 Å². The van der Waals surface area contributed by atoms with E-state index in [1.165, 1.54) is 231 Å². The first kappa shape index (κ1) is 66.7. The fraction of sp³-hybridized carbons (Fsp3) is 0.918. The summed E-state index contributed by atoms with van der Waals surface area (Å²) in [6.45, 7) is 3.85. The number of allylic oxidation sites excluding steroid dienone is 4. The molecule has 1 heterocycles. The van der Waals surface area contributed by atoms with Crippen LogP contribution in [0.2, 0.25) is 0 Å². The van der Waals surface area contributed by atoms with E-state index in [1.54, 1.807) is 0 Å². The fourth-order valence-corrected chi connectivity index (χ4v) is 9.96. The summed E-state index contributed by atoms with van der Waals surface area (Å²) >= 11 is 0. The van der Waals surface area contributed by atoms with Gasteiger partial charge in [0.2, 0.25) is 5.91 Å². The summed E-state index contributed by atoms with van der Waals surface area (Å²) < 4.78 is 11.3. The van der Waals surface area contributed by atoms with Gasteiger partial charge in [0.25, 0.3) is 0 Å². The van der Waals surface area contributed by atoms with E-state index < -0.39 is 49.5 Å². The van der Waals surface area contributed by atoms with Crippen LogP contribution in [0, 0.1) is 0 Å². The molecule has 0 aromatic carbocycles. The highest BCUT2D eigenvalue weighted by Gasteiger charge is 2.44. The Labute approximate surface area is 432 Å². The Hall–Kier alpha value is -1.33. The lowest BCUT2D eigenvalue weighted by atomic mass is 9.99. The number of carbonyl (C=O) groups is 1. The van der Waals surface area contributed by atoms with E-state index in [1.807, 2.05) is 0 Å². The summed E-state index contributed by atoms with van der Waals surface area (Å²) in [4.78, 5) is 13.1. The minimum Gasteiger partial charge on any atom is -0.394 e. The van der Waals surface area contributed by atoms with E-state index >= 15 is 0 Å². The molecule has 0 spiro atoms. The fourth-order valence-electron chi connectivity index (χ4n) is 9.96. The van der Waals surface area contributed by atoms with Crippen LogP contribution in [-0.2, 0) is 14.3 Å². The van der Waals surface area contributed by atoms with Crippen molar-refractivity contribution in [3.05, 3.63) is 24.3 Å². The second-order valence-corrected chi connectivity index (χ2v) is 21.5. The number of aliphatic hydroxyl groups is 5. The van der Waals surface area contributed by atoms with E-state index in [2.05, 4.69) is 43.5 Å². The highest BCUT2D eigenvalue weighted by atomic mass is 16.7. The average molecular weight is 993 g/mol. The normalized spacial score (nSPS) is 19.4. The van der Waals surface area contributed by atoms with Gasteiger partial charge in [-0.05, 0) is 44.9 Å². The quantitative estimate of drug-likeness (QED) is 0.0261. The first-order valence-corrected chi connectivity index (χ1v) is 30.5. The molecule has 414 valence electrons. The monoisotopic (exact) mass is 992 g/mol. The number of unbranched alkanes of at least 4 members (excludes halogenated alkanes) is 39. The van der Waals surface area contributed by atoms with Gasteiger partial charge in [0, 0.05) is 6.42 Å². The summed E-state index contributed by atoms with van der Waals surface area (Å²) in [6.07, 6.45) is 57.9. The lowest BCUT2D eigenvalue weighted by Gasteiger charge is -2.40. The van der Waals surface area contributed by atoms with E-state index in [-0.39, 0.29) is 12.5 Å². The molecule has 0 saturated carbocycles. The van der Waals surface area contributed by atoms with Crippen molar-refractivity contribution in [3.8, 4) is 0 Å². The van der Waals surface area contributed by atoms with Gasteiger partial charge in [0.05, 0.1) is 25.4 Å². The third-order valence-corrected chi connectivity index (χ3v) is 14.8. The van der Waals surface area contributed by atoms with Crippen LogP contribution in [0.5, 0.6) is 0 Å². The first-order chi connectivity index (χ1) is 34.3. The molecule has 1 aliphatic rings. The molecule has 70 heavy (non-hydrogen) atoms. The van der Waals surface area contributed by atoms with Gasteiger partial charge in [-0.1, -0.05) is 276 Å². The van der Waals surface area contributed by atoms with Crippen LogP contribution in [0.3, 0.4) is 0 Å². The largest absolute Gasteiger partial charge is 0.394 e. The molecule has 1 amide bonds.